The van der Waals surface area contributed by atoms with E-state index >= 15 is 0 Å². The van der Waals surface area contributed by atoms with Gasteiger partial charge in [-0.3, -0.25) is 4.79 Å². The zero-order chi connectivity index (χ0) is 12.0. The average molecular weight is 235 g/mol. The van der Waals surface area contributed by atoms with E-state index in [0.717, 1.165) is 30.6 Å². The van der Waals surface area contributed by atoms with Crippen molar-refractivity contribution in [3.8, 4) is 0 Å². The summed E-state index contributed by atoms with van der Waals surface area (Å²) in [7, 11) is 0. The first-order chi connectivity index (χ1) is 8.13. The van der Waals surface area contributed by atoms with Crippen molar-refractivity contribution in [2.45, 2.75) is 37.1 Å². The normalized spacial score (nSPS) is 31.3. The van der Waals surface area contributed by atoms with Crippen molar-refractivity contribution in [3.05, 3.63) is 23.7 Å². The predicted octanol–water partition coefficient (Wildman–Crippen LogP) is 0.827. The summed E-state index contributed by atoms with van der Waals surface area (Å²) in [6.45, 7) is 0. The van der Waals surface area contributed by atoms with Gasteiger partial charge in [-0.05, 0) is 18.9 Å². The minimum atomic E-state index is -0.968. The van der Waals surface area contributed by atoms with Crippen LogP contribution < -0.4 is 5.32 Å². The van der Waals surface area contributed by atoms with E-state index in [0.29, 0.717) is 0 Å². The average Bonchev–Trinajstić information content (AvgIpc) is 2.85. The van der Waals surface area contributed by atoms with E-state index in [4.69, 9.17) is 4.42 Å². The molecule has 0 aromatic carbocycles. The van der Waals surface area contributed by atoms with Gasteiger partial charge in [-0.25, -0.2) is 4.79 Å². The number of hydrogen-bond donors (Lipinski definition) is 2. The van der Waals surface area contributed by atoms with Crippen LogP contribution in [0.1, 0.15) is 30.6 Å². The molecule has 1 spiro atoms. The SMILES string of the molecule is O=C1CC2(CCCc3occc32)C(C(=O)O)N1. The molecule has 1 fully saturated rings. The first-order valence-electron chi connectivity index (χ1n) is 5.72. The molecule has 90 valence electrons. The minimum absolute atomic E-state index is 0.188. The third-order valence-corrected chi connectivity index (χ3v) is 3.89. The highest BCUT2D eigenvalue weighted by Gasteiger charge is 2.54. The molecule has 0 radical (unpaired) electrons. The number of amides is 1. The Hall–Kier alpha value is -1.78. The zero-order valence-electron chi connectivity index (χ0n) is 9.23. The Bertz CT molecular complexity index is 492. The van der Waals surface area contributed by atoms with Crippen molar-refractivity contribution in [1.82, 2.24) is 5.32 Å². The van der Waals surface area contributed by atoms with Crippen molar-refractivity contribution < 1.29 is 19.1 Å². The van der Waals surface area contributed by atoms with Gasteiger partial charge in [0, 0.05) is 23.8 Å². The van der Waals surface area contributed by atoms with Crippen LogP contribution >= 0.6 is 0 Å². The minimum Gasteiger partial charge on any atom is -0.480 e. The van der Waals surface area contributed by atoms with Gasteiger partial charge < -0.3 is 14.8 Å². The molecule has 1 amide bonds. The van der Waals surface area contributed by atoms with Crippen LogP contribution in [0.2, 0.25) is 0 Å². The molecule has 1 aliphatic carbocycles. The highest BCUT2D eigenvalue weighted by Crippen LogP contribution is 2.45. The lowest BCUT2D eigenvalue weighted by Gasteiger charge is -2.34. The lowest BCUT2D eigenvalue weighted by molar-refractivity contribution is -0.141. The third kappa shape index (κ3) is 1.31. The Morgan fingerprint density at radius 3 is 3.18 bits per heavy atom. The van der Waals surface area contributed by atoms with E-state index < -0.39 is 17.4 Å². The summed E-state index contributed by atoms with van der Waals surface area (Å²) in [4.78, 5) is 22.9. The fraction of sp³-hybridized carbons (Fsp3) is 0.500. The molecule has 17 heavy (non-hydrogen) atoms. The molecular weight excluding hydrogens is 222 g/mol. The van der Waals surface area contributed by atoms with Crippen LogP contribution in [0.5, 0.6) is 0 Å². The van der Waals surface area contributed by atoms with Crippen LogP contribution in [-0.4, -0.2) is 23.0 Å². The van der Waals surface area contributed by atoms with Gasteiger partial charge in [0.15, 0.2) is 0 Å². The lowest BCUT2D eigenvalue weighted by atomic mass is 9.67. The Labute approximate surface area is 97.8 Å². The summed E-state index contributed by atoms with van der Waals surface area (Å²) in [6.07, 6.45) is 4.23. The largest absolute Gasteiger partial charge is 0.480 e. The van der Waals surface area contributed by atoms with Crippen LogP contribution in [0.15, 0.2) is 16.7 Å². The molecule has 5 nitrogen and oxygen atoms in total. The summed E-state index contributed by atoms with van der Waals surface area (Å²) in [5.41, 5.74) is 0.290. The van der Waals surface area contributed by atoms with E-state index in [1.54, 1.807) is 6.26 Å². The second-order valence-corrected chi connectivity index (χ2v) is 4.78. The number of hydrogen-bond acceptors (Lipinski definition) is 3. The third-order valence-electron chi connectivity index (χ3n) is 3.89. The summed E-state index contributed by atoms with van der Waals surface area (Å²) in [5.74, 6) is -0.324. The molecular formula is C12H13NO4. The van der Waals surface area contributed by atoms with Gasteiger partial charge in [0.2, 0.25) is 5.91 Å². The van der Waals surface area contributed by atoms with E-state index in [9.17, 15) is 14.7 Å². The van der Waals surface area contributed by atoms with Crippen molar-refractivity contribution in [2.24, 2.45) is 0 Å². The zero-order valence-corrected chi connectivity index (χ0v) is 9.23. The number of carboxylic acids is 1. The first-order valence-corrected chi connectivity index (χ1v) is 5.72. The van der Waals surface area contributed by atoms with Crippen molar-refractivity contribution in [3.63, 3.8) is 0 Å². The van der Waals surface area contributed by atoms with E-state index in [1.807, 2.05) is 6.07 Å². The van der Waals surface area contributed by atoms with Gasteiger partial charge >= 0.3 is 5.97 Å². The molecule has 5 heteroatoms. The highest BCUT2D eigenvalue weighted by atomic mass is 16.4. The molecule has 1 aromatic heterocycles. The van der Waals surface area contributed by atoms with Crippen molar-refractivity contribution in [2.75, 3.05) is 0 Å². The van der Waals surface area contributed by atoms with Gasteiger partial charge in [-0.2, -0.15) is 0 Å². The standard InChI is InChI=1S/C12H13NO4/c14-9-6-12(10(13-9)11(15)16)4-1-2-8-7(12)3-5-17-8/h3,5,10H,1-2,4,6H2,(H,13,14)(H,15,16). The number of aliphatic carboxylic acids is 1. The molecule has 1 aromatic rings. The topological polar surface area (TPSA) is 79.5 Å². The number of aryl methyl sites for hydroxylation is 1. The van der Waals surface area contributed by atoms with Gasteiger partial charge in [0.25, 0.3) is 0 Å². The number of carbonyl (C=O) groups excluding carboxylic acids is 1. The summed E-state index contributed by atoms with van der Waals surface area (Å²) < 4.78 is 5.37. The Morgan fingerprint density at radius 1 is 1.59 bits per heavy atom. The molecule has 2 heterocycles. The van der Waals surface area contributed by atoms with Crippen molar-refractivity contribution >= 4 is 11.9 Å². The molecule has 2 aliphatic rings. The maximum absolute atomic E-state index is 11.6. The molecule has 2 N–H and O–H groups in total. The Morgan fingerprint density at radius 2 is 2.41 bits per heavy atom. The second kappa shape index (κ2) is 3.35. The van der Waals surface area contributed by atoms with Crippen LogP contribution in [0, 0.1) is 0 Å². The Kier molecular flexibility index (Phi) is 2.05. The van der Waals surface area contributed by atoms with Crippen LogP contribution in [0.25, 0.3) is 0 Å². The quantitative estimate of drug-likeness (QED) is 0.755. The van der Waals surface area contributed by atoms with Crippen LogP contribution in [0.3, 0.4) is 0 Å². The molecule has 0 bridgehead atoms. The summed E-state index contributed by atoms with van der Waals surface area (Å²) in [6, 6.07) is 0.983. The number of carboxylic acid groups (broad SMARTS) is 1. The molecule has 1 saturated heterocycles. The second-order valence-electron chi connectivity index (χ2n) is 4.78. The maximum Gasteiger partial charge on any atom is 0.327 e. The van der Waals surface area contributed by atoms with Crippen LogP contribution in [-0.2, 0) is 21.4 Å². The molecule has 1 aliphatic heterocycles. The van der Waals surface area contributed by atoms with Gasteiger partial charge in [0.1, 0.15) is 11.8 Å². The first kappa shape index (κ1) is 10.4. The van der Waals surface area contributed by atoms with E-state index in [-0.39, 0.29) is 12.3 Å². The van der Waals surface area contributed by atoms with Crippen molar-refractivity contribution in [1.29, 1.82) is 0 Å². The lowest BCUT2D eigenvalue weighted by Crippen LogP contribution is -2.47. The number of fused-ring (bicyclic) bond motifs is 2. The van der Waals surface area contributed by atoms with E-state index in [2.05, 4.69) is 5.32 Å². The monoisotopic (exact) mass is 235 g/mol. The molecule has 2 unspecified atom stereocenters. The fourth-order valence-electron chi connectivity index (χ4n) is 3.20. The fourth-order valence-corrected chi connectivity index (χ4v) is 3.20. The van der Waals surface area contributed by atoms with E-state index in [1.165, 1.54) is 0 Å². The van der Waals surface area contributed by atoms with Gasteiger partial charge in [0.05, 0.1) is 6.26 Å². The maximum atomic E-state index is 11.6. The molecule has 0 saturated carbocycles. The van der Waals surface area contributed by atoms with Gasteiger partial charge in [-0.1, -0.05) is 0 Å². The summed E-state index contributed by atoms with van der Waals surface area (Å²) in [5, 5.41) is 11.8. The Balaban J connectivity index is 2.13. The number of rotatable bonds is 1. The smallest absolute Gasteiger partial charge is 0.327 e. The molecule has 3 rings (SSSR count). The predicted molar refractivity (Wildman–Crippen MR) is 57.5 cm³/mol. The molecule has 2 atom stereocenters. The number of nitrogens with one attached hydrogen (secondary N) is 1. The number of carbonyl (C=O) groups is 2. The van der Waals surface area contributed by atoms with Gasteiger partial charge in [-0.15, -0.1) is 0 Å². The highest BCUT2D eigenvalue weighted by molar-refractivity contribution is 5.91. The summed E-state index contributed by atoms with van der Waals surface area (Å²) >= 11 is 0. The van der Waals surface area contributed by atoms with Crippen LogP contribution in [0.4, 0.5) is 0 Å². The number of furan rings is 1.